The monoisotopic (exact) mass is 241 g/mol. The van der Waals surface area contributed by atoms with Gasteiger partial charge in [0.25, 0.3) is 0 Å². The standard InChI is InChI=1S/C14H15N3O/c1-9-4-13-14(5-10(9)2)17(8-15-13)7-12-6-11(3)18-16-12/h4-6,8H,7H2,1-3H3. The molecule has 0 saturated carbocycles. The van der Waals surface area contributed by atoms with Gasteiger partial charge in [0.2, 0.25) is 0 Å². The van der Waals surface area contributed by atoms with Crippen LogP contribution in [0.15, 0.2) is 29.0 Å². The molecule has 0 radical (unpaired) electrons. The van der Waals surface area contributed by atoms with E-state index in [4.69, 9.17) is 4.52 Å². The van der Waals surface area contributed by atoms with Gasteiger partial charge in [-0.15, -0.1) is 0 Å². The smallest absolute Gasteiger partial charge is 0.133 e. The predicted molar refractivity (Wildman–Crippen MR) is 69.5 cm³/mol. The van der Waals surface area contributed by atoms with Gasteiger partial charge >= 0.3 is 0 Å². The van der Waals surface area contributed by atoms with Gasteiger partial charge in [0.1, 0.15) is 11.5 Å². The average Bonchev–Trinajstić information content (AvgIpc) is 2.89. The predicted octanol–water partition coefficient (Wildman–Crippen LogP) is 3.00. The Balaban J connectivity index is 2.04. The van der Waals surface area contributed by atoms with Crippen molar-refractivity contribution in [2.75, 3.05) is 0 Å². The van der Waals surface area contributed by atoms with Crippen molar-refractivity contribution in [3.8, 4) is 0 Å². The Morgan fingerprint density at radius 3 is 2.61 bits per heavy atom. The Kier molecular flexibility index (Phi) is 2.44. The first-order valence-electron chi connectivity index (χ1n) is 5.98. The van der Waals surface area contributed by atoms with Crippen molar-refractivity contribution in [3.63, 3.8) is 0 Å². The lowest BCUT2D eigenvalue weighted by Crippen LogP contribution is -1.98. The number of aryl methyl sites for hydroxylation is 3. The van der Waals surface area contributed by atoms with E-state index < -0.39 is 0 Å². The lowest BCUT2D eigenvalue weighted by atomic mass is 10.1. The summed E-state index contributed by atoms with van der Waals surface area (Å²) in [7, 11) is 0. The van der Waals surface area contributed by atoms with Crippen LogP contribution in [0.3, 0.4) is 0 Å². The minimum Gasteiger partial charge on any atom is -0.361 e. The molecule has 0 bridgehead atoms. The summed E-state index contributed by atoms with van der Waals surface area (Å²) >= 11 is 0. The van der Waals surface area contributed by atoms with Gasteiger partial charge in [-0.05, 0) is 44.0 Å². The van der Waals surface area contributed by atoms with Crippen LogP contribution >= 0.6 is 0 Å². The molecule has 0 saturated heterocycles. The van der Waals surface area contributed by atoms with E-state index in [0.717, 1.165) is 22.5 Å². The normalized spacial score (nSPS) is 11.3. The fourth-order valence-electron chi connectivity index (χ4n) is 2.11. The summed E-state index contributed by atoms with van der Waals surface area (Å²) in [5, 5.41) is 4.01. The molecule has 3 rings (SSSR count). The number of hydrogen-bond donors (Lipinski definition) is 0. The van der Waals surface area contributed by atoms with Gasteiger partial charge < -0.3 is 9.09 Å². The van der Waals surface area contributed by atoms with E-state index in [9.17, 15) is 0 Å². The quantitative estimate of drug-likeness (QED) is 0.692. The highest BCUT2D eigenvalue weighted by Gasteiger charge is 2.07. The maximum atomic E-state index is 5.08. The zero-order valence-electron chi connectivity index (χ0n) is 10.8. The minimum atomic E-state index is 0.691. The molecule has 2 heterocycles. The molecule has 0 spiro atoms. The number of aromatic nitrogens is 3. The Morgan fingerprint density at radius 1 is 1.11 bits per heavy atom. The topological polar surface area (TPSA) is 43.9 Å². The molecule has 0 aliphatic rings. The summed E-state index contributed by atoms with van der Waals surface area (Å²) in [4.78, 5) is 4.43. The van der Waals surface area contributed by atoms with Crippen molar-refractivity contribution < 1.29 is 4.52 Å². The zero-order valence-corrected chi connectivity index (χ0v) is 10.8. The Bertz CT molecular complexity index is 709. The highest BCUT2D eigenvalue weighted by atomic mass is 16.5. The zero-order chi connectivity index (χ0) is 12.7. The third-order valence-corrected chi connectivity index (χ3v) is 3.25. The molecule has 0 aliphatic heterocycles. The summed E-state index contributed by atoms with van der Waals surface area (Å²) in [6.07, 6.45) is 1.85. The molecule has 0 fully saturated rings. The van der Waals surface area contributed by atoms with E-state index in [1.807, 2.05) is 19.3 Å². The summed E-state index contributed by atoms with van der Waals surface area (Å²) in [5.74, 6) is 0.835. The molecule has 4 heteroatoms. The fraction of sp³-hybridized carbons (Fsp3) is 0.286. The number of nitrogens with zero attached hydrogens (tertiary/aromatic N) is 3. The van der Waals surface area contributed by atoms with Crippen molar-refractivity contribution in [1.82, 2.24) is 14.7 Å². The highest BCUT2D eigenvalue weighted by Crippen LogP contribution is 2.19. The molecule has 0 aliphatic carbocycles. The molecule has 0 N–H and O–H groups in total. The van der Waals surface area contributed by atoms with E-state index in [1.54, 1.807) is 0 Å². The SMILES string of the molecule is Cc1cc(Cn2cnc3cc(C)c(C)cc32)no1. The molecule has 2 aromatic heterocycles. The molecule has 4 nitrogen and oxygen atoms in total. The van der Waals surface area contributed by atoms with E-state index in [-0.39, 0.29) is 0 Å². The molecule has 18 heavy (non-hydrogen) atoms. The van der Waals surface area contributed by atoms with Crippen molar-refractivity contribution >= 4 is 11.0 Å². The van der Waals surface area contributed by atoms with Crippen molar-refractivity contribution in [2.24, 2.45) is 0 Å². The fourth-order valence-corrected chi connectivity index (χ4v) is 2.11. The average molecular weight is 241 g/mol. The summed E-state index contributed by atoms with van der Waals surface area (Å²) in [6, 6.07) is 6.24. The third-order valence-electron chi connectivity index (χ3n) is 3.25. The van der Waals surface area contributed by atoms with Crippen LogP contribution in [-0.4, -0.2) is 14.7 Å². The van der Waals surface area contributed by atoms with Gasteiger partial charge in [-0.25, -0.2) is 4.98 Å². The minimum absolute atomic E-state index is 0.691. The van der Waals surface area contributed by atoms with Gasteiger partial charge in [0.15, 0.2) is 0 Å². The Morgan fingerprint density at radius 2 is 1.89 bits per heavy atom. The van der Waals surface area contributed by atoms with E-state index >= 15 is 0 Å². The first-order valence-corrected chi connectivity index (χ1v) is 5.98. The lowest BCUT2D eigenvalue weighted by Gasteiger charge is -2.03. The molecule has 0 unspecified atom stereocenters. The van der Waals surface area contributed by atoms with E-state index in [1.165, 1.54) is 11.1 Å². The lowest BCUT2D eigenvalue weighted by molar-refractivity contribution is 0.389. The third kappa shape index (κ3) is 1.79. The molecule has 0 amide bonds. The van der Waals surface area contributed by atoms with Crippen LogP contribution in [0.2, 0.25) is 0 Å². The number of benzene rings is 1. The van der Waals surface area contributed by atoms with Crippen molar-refractivity contribution in [2.45, 2.75) is 27.3 Å². The number of rotatable bonds is 2. The van der Waals surface area contributed by atoms with Crippen molar-refractivity contribution in [3.05, 3.63) is 47.1 Å². The molecule has 0 atom stereocenters. The second kappa shape index (κ2) is 3.98. The van der Waals surface area contributed by atoms with Crippen LogP contribution in [0.4, 0.5) is 0 Å². The highest BCUT2D eigenvalue weighted by molar-refractivity contribution is 5.77. The maximum absolute atomic E-state index is 5.08. The van der Waals surface area contributed by atoms with Crippen molar-refractivity contribution in [1.29, 1.82) is 0 Å². The maximum Gasteiger partial charge on any atom is 0.133 e. The molecule has 92 valence electrons. The summed E-state index contributed by atoms with van der Waals surface area (Å²) < 4.78 is 7.18. The van der Waals surface area contributed by atoms with Gasteiger partial charge in [-0.2, -0.15) is 0 Å². The first-order chi connectivity index (χ1) is 8.63. The van der Waals surface area contributed by atoms with E-state index in [0.29, 0.717) is 6.54 Å². The van der Waals surface area contributed by atoms with Gasteiger partial charge in [-0.3, -0.25) is 0 Å². The number of hydrogen-bond acceptors (Lipinski definition) is 3. The summed E-state index contributed by atoms with van der Waals surface area (Å²) in [6.45, 7) is 6.81. The van der Waals surface area contributed by atoms with Gasteiger partial charge in [-0.1, -0.05) is 5.16 Å². The largest absolute Gasteiger partial charge is 0.361 e. The van der Waals surface area contributed by atoms with Gasteiger partial charge in [0, 0.05) is 6.07 Å². The van der Waals surface area contributed by atoms with Crippen LogP contribution in [-0.2, 0) is 6.54 Å². The van der Waals surface area contributed by atoms with E-state index in [2.05, 4.69) is 40.7 Å². The second-order valence-corrected chi connectivity index (χ2v) is 4.73. The molecule has 1 aromatic carbocycles. The Labute approximate surface area is 105 Å². The molecular formula is C14H15N3O. The first kappa shape index (κ1) is 11.0. The summed E-state index contributed by atoms with van der Waals surface area (Å²) in [5.41, 5.74) is 5.63. The van der Waals surface area contributed by atoms with Crippen LogP contribution < -0.4 is 0 Å². The molecule has 3 aromatic rings. The number of imidazole rings is 1. The van der Waals surface area contributed by atoms with Crippen LogP contribution in [0.1, 0.15) is 22.6 Å². The second-order valence-electron chi connectivity index (χ2n) is 4.73. The molecular weight excluding hydrogens is 226 g/mol. The number of fused-ring (bicyclic) bond motifs is 1. The van der Waals surface area contributed by atoms with Crippen LogP contribution in [0, 0.1) is 20.8 Å². The Hall–Kier alpha value is -2.10. The van der Waals surface area contributed by atoms with Crippen LogP contribution in [0.5, 0.6) is 0 Å². The van der Waals surface area contributed by atoms with Gasteiger partial charge in [0.05, 0.1) is 23.9 Å². The van der Waals surface area contributed by atoms with Crippen LogP contribution in [0.25, 0.3) is 11.0 Å².